The number of nitrogens with one attached hydrogen (secondary N) is 2. The van der Waals surface area contributed by atoms with Gasteiger partial charge < -0.3 is 15.7 Å². The molecule has 0 radical (unpaired) electrons. The van der Waals surface area contributed by atoms with E-state index in [1.807, 2.05) is 6.26 Å². The minimum Gasteiger partial charge on any atom is -0.478 e. The average molecular weight is 361 g/mol. The number of hydrogen-bond donors (Lipinski definition) is 3. The molecule has 0 saturated carbocycles. The second-order valence-electron chi connectivity index (χ2n) is 4.40. The molecular weight excluding hydrogens is 344 g/mol. The zero-order valence-corrected chi connectivity index (χ0v) is 13.7. The zero-order chi connectivity index (χ0) is 15.1. The summed E-state index contributed by atoms with van der Waals surface area (Å²) in [6.45, 7) is 2.63. The molecule has 0 fully saturated rings. The molecule has 1 atom stereocenters. The molecule has 5 nitrogen and oxygen atoms in total. The second kappa shape index (κ2) is 8.16. The van der Waals surface area contributed by atoms with Crippen LogP contribution in [0.1, 0.15) is 17.3 Å². The van der Waals surface area contributed by atoms with E-state index in [0.717, 1.165) is 5.75 Å². The Bertz CT molecular complexity index is 497. The Morgan fingerprint density at radius 2 is 2.15 bits per heavy atom. The van der Waals surface area contributed by atoms with E-state index in [1.54, 1.807) is 23.9 Å². The van der Waals surface area contributed by atoms with E-state index in [4.69, 9.17) is 5.11 Å². The van der Waals surface area contributed by atoms with Crippen LogP contribution < -0.4 is 10.6 Å². The highest BCUT2D eigenvalue weighted by Crippen LogP contribution is 2.21. The van der Waals surface area contributed by atoms with Gasteiger partial charge in [-0.15, -0.1) is 0 Å². The van der Waals surface area contributed by atoms with E-state index in [-0.39, 0.29) is 11.6 Å². The number of amides is 2. The second-order valence-corrected chi connectivity index (χ2v) is 6.16. The molecule has 1 aromatic carbocycles. The van der Waals surface area contributed by atoms with Gasteiger partial charge in [0.05, 0.1) is 5.56 Å². The molecule has 0 aliphatic carbocycles. The highest BCUT2D eigenvalue weighted by atomic mass is 79.9. The average Bonchev–Trinajstić information content (AvgIpc) is 2.39. The van der Waals surface area contributed by atoms with Crippen LogP contribution in [0, 0.1) is 5.92 Å². The molecule has 0 heterocycles. The molecular formula is C13H17BrN2O3S. The van der Waals surface area contributed by atoms with Crippen LogP contribution in [0.15, 0.2) is 22.7 Å². The Balaban J connectivity index is 2.58. The molecule has 1 aromatic rings. The van der Waals surface area contributed by atoms with Gasteiger partial charge in [0.2, 0.25) is 0 Å². The summed E-state index contributed by atoms with van der Waals surface area (Å²) in [5, 5.41) is 14.4. The van der Waals surface area contributed by atoms with Gasteiger partial charge in [-0.05, 0) is 52.1 Å². The highest BCUT2D eigenvalue weighted by molar-refractivity contribution is 9.10. The maximum absolute atomic E-state index is 11.7. The van der Waals surface area contributed by atoms with Crippen molar-refractivity contribution in [1.29, 1.82) is 0 Å². The predicted molar refractivity (Wildman–Crippen MR) is 85.7 cm³/mol. The third kappa shape index (κ3) is 5.42. The number of urea groups is 1. The third-order valence-corrected chi connectivity index (χ3v) is 4.11. The van der Waals surface area contributed by atoms with E-state index in [9.17, 15) is 9.59 Å². The maximum Gasteiger partial charge on any atom is 0.336 e. The first-order chi connectivity index (χ1) is 9.43. The number of anilines is 1. The van der Waals surface area contributed by atoms with Crippen molar-refractivity contribution in [1.82, 2.24) is 5.32 Å². The molecule has 110 valence electrons. The first-order valence-electron chi connectivity index (χ1n) is 6.00. The molecule has 0 saturated heterocycles. The highest BCUT2D eigenvalue weighted by Gasteiger charge is 2.11. The van der Waals surface area contributed by atoms with Gasteiger partial charge in [0.1, 0.15) is 0 Å². The number of benzene rings is 1. The lowest BCUT2D eigenvalue weighted by Gasteiger charge is -2.12. The number of carbonyl (C=O) groups is 2. The summed E-state index contributed by atoms with van der Waals surface area (Å²) in [6.07, 6.45) is 2.02. The number of halogens is 1. The molecule has 0 bridgehead atoms. The van der Waals surface area contributed by atoms with Gasteiger partial charge in [0.25, 0.3) is 0 Å². The van der Waals surface area contributed by atoms with Crippen LogP contribution in [0.3, 0.4) is 0 Å². The maximum atomic E-state index is 11.7. The van der Waals surface area contributed by atoms with Crippen LogP contribution in [-0.4, -0.2) is 35.7 Å². The first kappa shape index (κ1) is 16.8. The van der Waals surface area contributed by atoms with Gasteiger partial charge >= 0.3 is 12.0 Å². The van der Waals surface area contributed by atoms with Crippen molar-refractivity contribution in [3.8, 4) is 0 Å². The fraction of sp³-hybridized carbons (Fsp3) is 0.385. The van der Waals surface area contributed by atoms with E-state index in [1.165, 1.54) is 6.07 Å². The smallest absolute Gasteiger partial charge is 0.336 e. The Labute approximate surface area is 130 Å². The fourth-order valence-corrected chi connectivity index (χ4v) is 2.66. The normalized spacial score (nSPS) is 11.8. The largest absolute Gasteiger partial charge is 0.478 e. The Morgan fingerprint density at radius 1 is 1.45 bits per heavy atom. The van der Waals surface area contributed by atoms with Gasteiger partial charge in [-0.2, -0.15) is 11.8 Å². The minimum absolute atomic E-state index is 0.110. The SMILES string of the molecule is CSCC(C)CNC(=O)Nc1ccc(Br)c(C(=O)O)c1. The van der Waals surface area contributed by atoms with Crippen LogP contribution in [0.2, 0.25) is 0 Å². The van der Waals surface area contributed by atoms with Gasteiger partial charge in [0.15, 0.2) is 0 Å². The third-order valence-electron chi connectivity index (χ3n) is 2.52. The molecule has 0 spiro atoms. The Kier molecular flexibility index (Phi) is 6.87. The van der Waals surface area contributed by atoms with Crippen molar-refractivity contribution in [3.63, 3.8) is 0 Å². The summed E-state index contributed by atoms with van der Waals surface area (Å²) in [4.78, 5) is 22.7. The van der Waals surface area contributed by atoms with Gasteiger partial charge in [0, 0.05) is 16.7 Å². The quantitative estimate of drug-likeness (QED) is 0.727. The van der Waals surface area contributed by atoms with E-state index >= 15 is 0 Å². The molecule has 1 rings (SSSR count). The summed E-state index contributed by atoms with van der Waals surface area (Å²) < 4.78 is 0.476. The molecule has 0 aromatic heterocycles. The van der Waals surface area contributed by atoms with Crippen LogP contribution in [-0.2, 0) is 0 Å². The number of carboxylic acids is 1. The first-order valence-corrected chi connectivity index (χ1v) is 8.19. The number of rotatable bonds is 6. The van der Waals surface area contributed by atoms with Crippen molar-refractivity contribution in [2.24, 2.45) is 5.92 Å². The lowest BCUT2D eigenvalue weighted by Crippen LogP contribution is -2.33. The molecule has 3 N–H and O–H groups in total. The molecule has 0 aliphatic heterocycles. The van der Waals surface area contributed by atoms with Crippen molar-refractivity contribution >= 4 is 45.4 Å². The van der Waals surface area contributed by atoms with Crippen LogP contribution in [0.25, 0.3) is 0 Å². The fourth-order valence-electron chi connectivity index (χ4n) is 1.55. The summed E-state index contributed by atoms with van der Waals surface area (Å²) in [5.74, 6) is 0.312. The van der Waals surface area contributed by atoms with Gasteiger partial charge in [-0.25, -0.2) is 9.59 Å². The molecule has 2 amide bonds. The summed E-state index contributed by atoms with van der Waals surface area (Å²) >= 11 is 4.88. The van der Waals surface area contributed by atoms with E-state index in [0.29, 0.717) is 22.6 Å². The zero-order valence-electron chi connectivity index (χ0n) is 11.3. The molecule has 0 aliphatic rings. The summed E-state index contributed by atoms with van der Waals surface area (Å²) in [7, 11) is 0. The molecule has 20 heavy (non-hydrogen) atoms. The van der Waals surface area contributed by atoms with Gasteiger partial charge in [-0.1, -0.05) is 6.92 Å². The number of carbonyl (C=O) groups excluding carboxylic acids is 1. The summed E-state index contributed by atoms with van der Waals surface area (Å²) in [6, 6.07) is 4.31. The number of thioether (sulfide) groups is 1. The number of hydrogen-bond acceptors (Lipinski definition) is 3. The van der Waals surface area contributed by atoms with Crippen LogP contribution in [0.5, 0.6) is 0 Å². The lowest BCUT2D eigenvalue weighted by molar-refractivity contribution is 0.0696. The minimum atomic E-state index is -1.05. The van der Waals surface area contributed by atoms with Crippen molar-refractivity contribution in [2.75, 3.05) is 23.9 Å². The topological polar surface area (TPSA) is 78.4 Å². The molecule has 7 heteroatoms. The monoisotopic (exact) mass is 360 g/mol. The number of aromatic carboxylic acids is 1. The van der Waals surface area contributed by atoms with E-state index in [2.05, 4.69) is 33.5 Å². The van der Waals surface area contributed by atoms with Crippen molar-refractivity contribution in [2.45, 2.75) is 6.92 Å². The summed E-state index contributed by atoms with van der Waals surface area (Å²) in [5.41, 5.74) is 0.555. The van der Waals surface area contributed by atoms with Crippen LogP contribution in [0.4, 0.5) is 10.5 Å². The van der Waals surface area contributed by atoms with E-state index < -0.39 is 5.97 Å². The van der Waals surface area contributed by atoms with Gasteiger partial charge in [-0.3, -0.25) is 0 Å². The van der Waals surface area contributed by atoms with Crippen LogP contribution >= 0.6 is 27.7 Å². The van der Waals surface area contributed by atoms with Crippen molar-refractivity contribution in [3.05, 3.63) is 28.2 Å². The predicted octanol–water partition coefficient (Wildman–Crippen LogP) is 3.27. The standard InChI is InChI=1S/C13H17BrN2O3S/c1-8(7-20-2)6-15-13(19)16-9-3-4-11(14)10(5-9)12(17)18/h3-5,8H,6-7H2,1-2H3,(H,17,18)(H2,15,16,19). The molecule has 1 unspecified atom stereocenters. The Morgan fingerprint density at radius 3 is 2.75 bits per heavy atom. The Hall–Kier alpha value is -1.21. The van der Waals surface area contributed by atoms with Crippen molar-refractivity contribution < 1.29 is 14.7 Å². The number of carboxylic acid groups (broad SMARTS) is 1. The lowest BCUT2D eigenvalue weighted by atomic mass is 10.2.